The predicted octanol–water partition coefficient (Wildman–Crippen LogP) is 11.8. The molecule has 0 amide bonds. The average Bonchev–Trinajstić information content (AvgIpc) is 3.51. The maximum atomic E-state index is 2.43. The number of para-hydroxylation sites is 4. The lowest BCUT2D eigenvalue weighted by atomic mass is 9.76. The first-order chi connectivity index (χ1) is 22.4. The minimum absolute atomic E-state index is 0.228. The predicted molar refractivity (Wildman–Crippen MR) is 196 cm³/mol. The molecule has 2 heteroatoms. The molecule has 2 nitrogen and oxygen atoms in total. The van der Waals surface area contributed by atoms with E-state index in [1.54, 1.807) is 0 Å². The zero-order valence-electron chi connectivity index (χ0n) is 26.9. The van der Waals surface area contributed by atoms with Crippen LogP contribution in [0.1, 0.15) is 49.9 Å². The molecule has 0 N–H and O–H groups in total. The van der Waals surface area contributed by atoms with Crippen molar-refractivity contribution in [1.82, 2.24) is 0 Å². The van der Waals surface area contributed by atoms with Gasteiger partial charge in [0.1, 0.15) is 0 Å². The van der Waals surface area contributed by atoms with E-state index in [4.69, 9.17) is 0 Å². The highest BCUT2D eigenvalue weighted by molar-refractivity contribution is 6.00. The van der Waals surface area contributed by atoms with Crippen molar-refractivity contribution in [2.45, 2.75) is 38.5 Å². The van der Waals surface area contributed by atoms with Crippen molar-refractivity contribution >= 4 is 45.7 Å². The minimum Gasteiger partial charge on any atom is -0.313 e. The number of hydrogen-bond donors (Lipinski definition) is 0. The van der Waals surface area contributed by atoms with Crippen LogP contribution in [-0.4, -0.2) is 0 Å². The number of fused-ring (bicyclic) bond motifs is 5. The Kier molecular flexibility index (Phi) is 6.51. The van der Waals surface area contributed by atoms with Gasteiger partial charge in [-0.15, -0.1) is 0 Å². The standard InChI is InChI=1S/C44H38N2/c1-43(2)39(45(33-17-9-5-10-18-33)34-19-11-6-12-20-34)29-31-25-28-38-37(41(31)43)27-26-32-30-40(44(3,4)42(32)38)46(35-21-13-7-14-22-35)36-23-15-8-16-24-36/h5-30H,1-4H3. The third-order valence-electron chi connectivity index (χ3n) is 9.92. The lowest BCUT2D eigenvalue weighted by Crippen LogP contribution is -2.30. The van der Waals surface area contributed by atoms with Gasteiger partial charge >= 0.3 is 0 Å². The Labute approximate surface area is 272 Å². The molecule has 0 spiro atoms. The normalized spacial score (nSPS) is 15.6. The fourth-order valence-electron chi connectivity index (χ4n) is 7.84. The Morgan fingerprint density at radius 3 is 0.913 bits per heavy atom. The van der Waals surface area contributed by atoms with Gasteiger partial charge in [-0.05, 0) is 93.7 Å². The van der Waals surface area contributed by atoms with Crippen LogP contribution < -0.4 is 9.80 Å². The molecule has 0 aliphatic heterocycles. The maximum absolute atomic E-state index is 2.43. The quantitative estimate of drug-likeness (QED) is 0.189. The van der Waals surface area contributed by atoms with Crippen LogP contribution in [0.4, 0.5) is 22.7 Å². The van der Waals surface area contributed by atoms with Crippen LogP contribution in [0.5, 0.6) is 0 Å². The Morgan fingerprint density at radius 2 is 0.630 bits per heavy atom. The summed E-state index contributed by atoms with van der Waals surface area (Å²) in [6.07, 6.45) is 4.81. The zero-order valence-corrected chi connectivity index (χ0v) is 26.9. The third-order valence-corrected chi connectivity index (χ3v) is 9.92. The number of hydrogen-bond acceptors (Lipinski definition) is 2. The summed E-state index contributed by atoms with van der Waals surface area (Å²) in [7, 11) is 0. The number of benzene rings is 6. The monoisotopic (exact) mass is 594 g/mol. The second kappa shape index (κ2) is 10.6. The fourth-order valence-corrected chi connectivity index (χ4v) is 7.84. The Bertz CT molecular complexity index is 1890. The van der Waals surface area contributed by atoms with Crippen LogP contribution in [0.15, 0.2) is 157 Å². The van der Waals surface area contributed by atoms with Gasteiger partial charge < -0.3 is 9.80 Å². The van der Waals surface area contributed by atoms with Crippen molar-refractivity contribution in [3.8, 4) is 0 Å². The molecule has 0 saturated carbocycles. The number of nitrogens with zero attached hydrogens (tertiary/aromatic N) is 2. The van der Waals surface area contributed by atoms with Crippen molar-refractivity contribution in [1.29, 1.82) is 0 Å². The second-order valence-corrected chi connectivity index (χ2v) is 13.5. The molecule has 0 radical (unpaired) electrons. The van der Waals surface area contributed by atoms with Crippen LogP contribution >= 0.6 is 0 Å². The highest BCUT2D eigenvalue weighted by Gasteiger charge is 2.42. The summed E-state index contributed by atoms with van der Waals surface area (Å²) < 4.78 is 0. The lowest BCUT2D eigenvalue weighted by molar-refractivity contribution is 0.627. The van der Waals surface area contributed by atoms with Crippen molar-refractivity contribution in [2.24, 2.45) is 0 Å². The van der Waals surface area contributed by atoms with Crippen molar-refractivity contribution < 1.29 is 0 Å². The smallest absolute Gasteiger partial charge is 0.0458 e. The summed E-state index contributed by atoms with van der Waals surface area (Å²) >= 11 is 0. The van der Waals surface area contributed by atoms with Gasteiger partial charge in [0.25, 0.3) is 0 Å². The first-order valence-corrected chi connectivity index (χ1v) is 16.2. The molecule has 0 unspecified atom stereocenters. The van der Waals surface area contributed by atoms with E-state index >= 15 is 0 Å². The number of allylic oxidation sites excluding steroid dienone is 2. The third kappa shape index (κ3) is 4.32. The molecule has 0 saturated heterocycles. The zero-order chi connectivity index (χ0) is 31.5. The molecule has 46 heavy (non-hydrogen) atoms. The largest absolute Gasteiger partial charge is 0.313 e. The molecular weight excluding hydrogens is 556 g/mol. The van der Waals surface area contributed by atoms with E-state index < -0.39 is 0 Å². The summed E-state index contributed by atoms with van der Waals surface area (Å²) in [6.45, 7) is 9.55. The van der Waals surface area contributed by atoms with Crippen molar-refractivity contribution in [2.75, 3.05) is 9.80 Å². The SMILES string of the molecule is CC1(C)C(N(c2ccccc2)c2ccccc2)=Cc2ccc3c4c(ccc3c21)C=C(N(c1ccccc1)c1ccccc1)C4(C)C. The molecular formula is C44H38N2. The van der Waals surface area contributed by atoms with Crippen LogP contribution in [0.3, 0.4) is 0 Å². The van der Waals surface area contributed by atoms with E-state index in [-0.39, 0.29) is 10.8 Å². The van der Waals surface area contributed by atoms with E-state index in [0.717, 1.165) is 0 Å². The van der Waals surface area contributed by atoms with E-state index in [1.165, 1.54) is 67.2 Å². The molecule has 8 rings (SSSR count). The minimum atomic E-state index is -0.228. The van der Waals surface area contributed by atoms with Gasteiger partial charge in [0.15, 0.2) is 0 Å². The Morgan fingerprint density at radius 1 is 0.348 bits per heavy atom. The van der Waals surface area contributed by atoms with E-state index in [9.17, 15) is 0 Å². The Hall–Kier alpha value is -5.34. The summed E-state index contributed by atoms with van der Waals surface area (Å²) in [6, 6.07) is 52.4. The molecule has 2 aliphatic carbocycles. The van der Waals surface area contributed by atoms with Crippen LogP contribution in [0.2, 0.25) is 0 Å². The maximum Gasteiger partial charge on any atom is 0.0458 e. The van der Waals surface area contributed by atoms with E-state index in [2.05, 4.69) is 195 Å². The topological polar surface area (TPSA) is 6.48 Å². The van der Waals surface area contributed by atoms with E-state index in [0.29, 0.717) is 0 Å². The molecule has 6 aromatic rings. The van der Waals surface area contributed by atoms with E-state index in [1.807, 2.05) is 0 Å². The van der Waals surface area contributed by atoms with Gasteiger partial charge in [0.05, 0.1) is 0 Å². The number of anilines is 4. The van der Waals surface area contributed by atoms with Gasteiger partial charge in [-0.3, -0.25) is 0 Å². The van der Waals surface area contributed by atoms with Crippen LogP contribution in [-0.2, 0) is 10.8 Å². The summed E-state index contributed by atoms with van der Waals surface area (Å²) in [4.78, 5) is 4.86. The van der Waals surface area contributed by atoms with Gasteiger partial charge in [-0.25, -0.2) is 0 Å². The molecule has 6 aromatic carbocycles. The first kappa shape index (κ1) is 28.2. The van der Waals surface area contributed by atoms with Gasteiger partial charge in [0, 0.05) is 45.0 Å². The lowest BCUT2D eigenvalue weighted by Gasteiger charge is -2.37. The second-order valence-electron chi connectivity index (χ2n) is 13.5. The van der Waals surface area contributed by atoms with Gasteiger partial charge in [-0.2, -0.15) is 0 Å². The summed E-state index contributed by atoms with van der Waals surface area (Å²) in [5.41, 5.74) is 12.2. The molecule has 0 bridgehead atoms. The fraction of sp³-hybridized carbons (Fsp3) is 0.136. The molecule has 2 aliphatic rings. The number of rotatable bonds is 6. The highest BCUT2D eigenvalue weighted by Crippen LogP contribution is 2.53. The van der Waals surface area contributed by atoms with Crippen LogP contribution in [0, 0.1) is 0 Å². The van der Waals surface area contributed by atoms with Crippen molar-refractivity contribution in [3.05, 3.63) is 179 Å². The molecule has 0 fully saturated rings. The van der Waals surface area contributed by atoms with Gasteiger partial charge in [0.2, 0.25) is 0 Å². The summed E-state index contributed by atoms with van der Waals surface area (Å²) in [5.74, 6) is 0. The first-order valence-electron chi connectivity index (χ1n) is 16.2. The van der Waals surface area contributed by atoms with Crippen LogP contribution in [0.25, 0.3) is 22.9 Å². The molecule has 224 valence electrons. The molecule has 0 aromatic heterocycles. The molecule has 0 atom stereocenters. The molecule has 0 heterocycles. The van der Waals surface area contributed by atoms with Crippen molar-refractivity contribution in [3.63, 3.8) is 0 Å². The summed E-state index contributed by atoms with van der Waals surface area (Å²) in [5, 5.41) is 2.67. The Balaban J connectivity index is 1.26. The average molecular weight is 595 g/mol. The van der Waals surface area contributed by atoms with Gasteiger partial charge in [-0.1, -0.05) is 125 Å². The highest BCUT2D eigenvalue weighted by atomic mass is 15.2.